The number of aromatic nitrogens is 1. The highest BCUT2D eigenvalue weighted by Crippen LogP contribution is 2.43. The lowest BCUT2D eigenvalue weighted by molar-refractivity contribution is -0.121. The molecule has 0 saturated carbocycles. The van der Waals surface area contributed by atoms with Crippen molar-refractivity contribution in [3.8, 4) is 28.3 Å². The predicted octanol–water partition coefficient (Wildman–Crippen LogP) is 7.08. The zero-order chi connectivity index (χ0) is 33.7. The maximum atomic E-state index is 13.8. The van der Waals surface area contributed by atoms with E-state index < -0.39 is 17.9 Å². The van der Waals surface area contributed by atoms with Gasteiger partial charge in [0.05, 0.1) is 18.9 Å². The molecule has 0 saturated heterocycles. The lowest BCUT2D eigenvalue weighted by atomic mass is 9.85. The lowest BCUT2D eigenvalue weighted by Crippen LogP contribution is -2.33. The van der Waals surface area contributed by atoms with Gasteiger partial charge in [-0.2, -0.15) is 0 Å². The first-order chi connectivity index (χ1) is 21.9. The summed E-state index contributed by atoms with van der Waals surface area (Å²) in [5.74, 6) is 0.108. The van der Waals surface area contributed by atoms with E-state index in [0.717, 1.165) is 52.8 Å². The van der Waals surface area contributed by atoms with Crippen LogP contribution in [-0.2, 0) is 16.0 Å². The Morgan fingerprint density at radius 3 is 2.48 bits per heavy atom. The second-order valence-corrected chi connectivity index (χ2v) is 12.6. The summed E-state index contributed by atoms with van der Waals surface area (Å²) in [5.41, 5.74) is 9.53. The van der Waals surface area contributed by atoms with Crippen LogP contribution in [0.25, 0.3) is 22.4 Å². The molecule has 244 valence electrons. The highest BCUT2D eigenvalue weighted by Gasteiger charge is 2.27. The van der Waals surface area contributed by atoms with E-state index in [9.17, 15) is 14.7 Å². The van der Waals surface area contributed by atoms with Crippen LogP contribution in [-0.4, -0.2) is 53.6 Å². The number of amides is 2. The van der Waals surface area contributed by atoms with Gasteiger partial charge in [0.25, 0.3) is 11.8 Å². The van der Waals surface area contributed by atoms with Crippen molar-refractivity contribution in [3.63, 3.8) is 0 Å². The molecule has 0 spiro atoms. The summed E-state index contributed by atoms with van der Waals surface area (Å²) in [6, 6.07) is 14.4. The van der Waals surface area contributed by atoms with Crippen LogP contribution in [0.4, 0.5) is 5.69 Å². The predicted molar refractivity (Wildman–Crippen MR) is 186 cm³/mol. The Hall–Kier alpha value is -4.43. The number of benzene rings is 2. The summed E-state index contributed by atoms with van der Waals surface area (Å²) in [4.78, 5) is 33.5. The van der Waals surface area contributed by atoms with Gasteiger partial charge < -0.3 is 25.4 Å². The number of allylic oxidation sites excluding steroid dienone is 1. The van der Waals surface area contributed by atoms with E-state index in [1.165, 1.54) is 17.3 Å². The molecule has 1 heterocycles. The van der Waals surface area contributed by atoms with Crippen LogP contribution in [0, 0.1) is 6.92 Å². The molecule has 1 aliphatic rings. The molecule has 4 rings (SSSR count). The Morgan fingerprint density at radius 1 is 1.15 bits per heavy atom. The quantitative estimate of drug-likeness (QED) is 0.113. The van der Waals surface area contributed by atoms with E-state index in [1.807, 2.05) is 18.2 Å². The fraction of sp³-hybridized carbons (Fsp3) is 0.395. The molecule has 3 N–H and O–H groups in total. The van der Waals surface area contributed by atoms with Gasteiger partial charge in [-0.3, -0.25) is 9.59 Å². The number of nitrogens with zero attached hydrogens (tertiary/aromatic N) is 2. The monoisotopic (exact) mass is 624 g/mol. The van der Waals surface area contributed by atoms with Crippen LogP contribution in [0.2, 0.25) is 0 Å². The number of carbonyl (C=O) groups excluding carboxylic acids is 2. The third-order valence-corrected chi connectivity index (χ3v) is 8.72. The number of likely N-dealkylation sites (N-methyl/N-ethyl adjacent to an activating group) is 1. The van der Waals surface area contributed by atoms with Crippen molar-refractivity contribution in [1.82, 2.24) is 15.2 Å². The van der Waals surface area contributed by atoms with Gasteiger partial charge in [-0.05, 0) is 91.8 Å². The molecule has 8 nitrogen and oxygen atoms in total. The molecule has 2 aromatic carbocycles. The smallest absolute Gasteiger partial charge is 0.262 e. The highest BCUT2D eigenvalue weighted by molar-refractivity contribution is 6.23. The Morgan fingerprint density at radius 2 is 1.83 bits per heavy atom. The Kier molecular flexibility index (Phi) is 11.1. The molecule has 0 aliphatic heterocycles. The number of hydrogen-bond donors (Lipinski definition) is 3. The topological polar surface area (TPSA) is 104 Å². The lowest BCUT2D eigenvalue weighted by Gasteiger charge is -2.23. The summed E-state index contributed by atoms with van der Waals surface area (Å²) in [6.07, 6.45) is 3.76. The number of rotatable bonds is 12. The van der Waals surface area contributed by atoms with Gasteiger partial charge in [0, 0.05) is 42.3 Å². The van der Waals surface area contributed by atoms with Crippen LogP contribution in [0.5, 0.6) is 5.88 Å². The fourth-order valence-corrected chi connectivity index (χ4v) is 6.34. The van der Waals surface area contributed by atoms with E-state index in [2.05, 4.69) is 69.2 Å². The van der Waals surface area contributed by atoms with Crippen LogP contribution >= 0.6 is 0 Å². The van der Waals surface area contributed by atoms with E-state index in [-0.39, 0.29) is 18.0 Å². The fourth-order valence-electron chi connectivity index (χ4n) is 6.34. The second-order valence-electron chi connectivity index (χ2n) is 12.6. The molecule has 0 radical (unpaired) electrons. The van der Waals surface area contributed by atoms with Crippen molar-refractivity contribution >= 4 is 17.5 Å². The molecule has 3 atom stereocenters. The Balaban J connectivity index is 1.80. The average molecular weight is 625 g/mol. The van der Waals surface area contributed by atoms with E-state index in [4.69, 9.17) is 9.72 Å². The summed E-state index contributed by atoms with van der Waals surface area (Å²) in [6.45, 7) is 15.9. The van der Waals surface area contributed by atoms with Gasteiger partial charge in [-0.25, -0.2) is 4.98 Å². The van der Waals surface area contributed by atoms with Crippen molar-refractivity contribution in [2.75, 3.05) is 26.0 Å². The maximum Gasteiger partial charge on any atom is 0.262 e. The van der Waals surface area contributed by atoms with Crippen molar-refractivity contribution in [1.29, 1.82) is 0 Å². The minimum Gasteiger partial charge on any atom is -0.481 e. The molecule has 0 fully saturated rings. The molecular weight excluding hydrogens is 576 g/mol. The van der Waals surface area contributed by atoms with Crippen molar-refractivity contribution in [2.24, 2.45) is 0 Å². The Bertz CT molecular complexity index is 1660. The molecule has 1 aliphatic carbocycles. The SMILES string of the molecule is C=C(C)NC(=O)/C(=C\N(C)CC(C)O)C(=O)Nc1cccc(-c2cccc(-c3cc4c(c(OC)n3)C(C)CC4)c2C)c1C(C)CC. The number of methoxy groups -OCH3 is 1. The van der Waals surface area contributed by atoms with E-state index >= 15 is 0 Å². The number of fused-ring (bicyclic) bond motifs is 1. The number of ether oxygens (including phenoxy) is 1. The number of pyridine rings is 1. The summed E-state index contributed by atoms with van der Waals surface area (Å²) >= 11 is 0. The second kappa shape index (κ2) is 14.8. The third kappa shape index (κ3) is 7.50. The van der Waals surface area contributed by atoms with Crippen LogP contribution < -0.4 is 15.4 Å². The van der Waals surface area contributed by atoms with Gasteiger partial charge in [-0.1, -0.05) is 57.7 Å². The van der Waals surface area contributed by atoms with Gasteiger partial charge in [-0.15, -0.1) is 0 Å². The molecule has 2 amide bonds. The molecule has 46 heavy (non-hydrogen) atoms. The van der Waals surface area contributed by atoms with E-state index in [0.29, 0.717) is 23.2 Å². The first-order valence-corrected chi connectivity index (χ1v) is 16.1. The zero-order valence-electron chi connectivity index (χ0n) is 28.5. The first-order valence-electron chi connectivity index (χ1n) is 16.1. The summed E-state index contributed by atoms with van der Waals surface area (Å²) in [7, 11) is 3.40. The molecule has 0 bridgehead atoms. The molecule has 3 unspecified atom stereocenters. The average Bonchev–Trinajstić information content (AvgIpc) is 3.38. The minimum atomic E-state index is -0.640. The van der Waals surface area contributed by atoms with Gasteiger partial charge in [0.15, 0.2) is 0 Å². The normalized spacial score (nSPS) is 15.5. The standard InChI is InChI=1S/C38H48N4O4/c1-10-23(4)35-30(15-12-16-32(35)40-37(45)31(36(44)39-22(2)3)21-42(8)20-25(6)43)28-13-11-14-29(26(28)7)33-19-27-18-17-24(5)34(27)38(41-33)46-9/h11-16,19,21,23-25,43H,2,10,17-18,20H2,1,3-9H3,(H,39,44)(H,40,45)/b31-21+. The van der Waals surface area contributed by atoms with Gasteiger partial charge in [0.1, 0.15) is 5.57 Å². The van der Waals surface area contributed by atoms with Crippen molar-refractivity contribution in [3.05, 3.63) is 88.8 Å². The molecule has 8 heteroatoms. The van der Waals surface area contributed by atoms with Crippen LogP contribution in [0.3, 0.4) is 0 Å². The van der Waals surface area contributed by atoms with Crippen LogP contribution in [0.1, 0.15) is 81.5 Å². The maximum absolute atomic E-state index is 13.8. The van der Waals surface area contributed by atoms with Crippen LogP contribution in [0.15, 0.2) is 66.5 Å². The number of aliphatic hydroxyl groups is 1. The van der Waals surface area contributed by atoms with Gasteiger partial charge in [0.2, 0.25) is 5.88 Å². The third-order valence-electron chi connectivity index (χ3n) is 8.72. The summed E-state index contributed by atoms with van der Waals surface area (Å²) < 4.78 is 5.76. The van der Waals surface area contributed by atoms with E-state index in [1.54, 1.807) is 32.9 Å². The molecular formula is C38H48N4O4. The number of aliphatic hydroxyl groups excluding tert-OH is 1. The zero-order valence-corrected chi connectivity index (χ0v) is 28.5. The van der Waals surface area contributed by atoms with Crippen molar-refractivity contribution in [2.45, 2.75) is 78.7 Å². The largest absolute Gasteiger partial charge is 0.481 e. The number of carbonyl (C=O) groups is 2. The number of aryl methyl sites for hydroxylation is 1. The molecule has 1 aromatic heterocycles. The number of anilines is 1. The van der Waals surface area contributed by atoms with Gasteiger partial charge >= 0.3 is 0 Å². The number of hydrogen-bond acceptors (Lipinski definition) is 6. The summed E-state index contributed by atoms with van der Waals surface area (Å²) in [5, 5.41) is 15.5. The number of nitrogens with one attached hydrogen (secondary N) is 2. The minimum absolute atomic E-state index is 0.0872. The first kappa shape index (κ1) is 34.4. The Labute approximate surface area is 273 Å². The highest BCUT2D eigenvalue weighted by atomic mass is 16.5. The van der Waals surface area contributed by atoms with Crippen molar-refractivity contribution < 1.29 is 19.4 Å². The molecule has 3 aromatic rings.